The molecule has 0 saturated heterocycles. The van der Waals surface area contributed by atoms with Crippen molar-refractivity contribution in [3.63, 3.8) is 0 Å². The summed E-state index contributed by atoms with van der Waals surface area (Å²) < 4.78 is 40.2. The van der Waals surface area contributed by atoms with E-state index in [0.29, 0.717) is 17.9 Å². The topological polar surface area (TPSA) is 98.2 Å². The van der Waals surface area contributed by atoms with E-state index in [1.165, 1.54) is 23.0 Å². The fourth-order valence-corrected chi connectivity index (χ4v) is 2.17. The number of nitrogens with two attached hydrogens (primary N) is 1. The Balaban J connectivity index is 2.00. The molecule has 0 aliphatic carbocycles. The molecule has 3 rings (SSSR count). The third-order valence-electron chi connectivity index (χ3n) is 3.43. The summed E-state index contributed by atoms with van der Waals surface area (Å²) in [5.74, 6) is -0.492. The molecule has 0 aliphatic rings. The molecule has 3 aromatic rings. The van der Waals surface area contributed by atoms with Gasteiger partial charge in [0.1, 0.15) is 5.82 Å². The molecule has 0 atom stereocenters. The standard InChI is InChI=1S/C15H13F3N6O/c1-2-13(25)22-11-7-24-12(21-11)4-3-10(23-24)8-5-9(15(16,17)18)14(19)20-6-8/h3-7H,2H2,1H3,(H2,19,20)(H,22,25). The number of nitrogen functional groups attached to an aromatic ring is 1. The number of carbonyl (C=O) groups is 1. The quantitative estimate of drug-likeness (QED) is 0.757. The van der Waals surface area contributed by atoms with E-state index in [2.05, 4.69) is 20.4 Å². The van der Waals surface area contributed by atoms with Gasteiger partial charge in [-0.1, -0.05) is 6.92 Å². The molecule has 0 radical (unpaired) electrons. The molecule has 0 aromatic carbocycles. The van der Waals surface area contributed by atoms with Crippen LogP contribution in [-0.2, 0) is 11.0 Å². The normalized spacial score (nSPS) is 11.7. The van der Waals surface area contributed by atoms with Gasteiger partial charge in [-0.3, -0.25) is 4.79 Å². The van der Waals surface area contributed by atoms with Gasteiger partial charge in [-0.2, -0.15) is 18.3 Å². The number of anilines is 2. The van der Waals surface area contributed by atoms with E-state index in [-0.39, 0.29) is 17.2 Å². The van der Waals surface area contributed by atoms with Gasteiger partial charge in [-0.15, -0.1) is 0 Å². The summed E-state index contributed by atoms with van der Waals surface area (Å²) in [5, 5.41) is 6.79. The highest BCUT2D eigenvalue weighted by atomic mass is 19.4. The number of aromatic nitrogens is 4. The Labute approximate surface area is 139 Å². The van der Waals surface area contributed by atoms with E-state index >= 15 is 0 Å². The van der Waals surface area contributed by atoms with E-state index in [9.17, 15) is 18.0 Å². The number of alkyl halides is 3. The molecule has 25 heavy (non-hydrogen) atoms. The summed E-state index contributed by atoms with van der Waals surface area (Å²) in [4.78, 5) is 19.2. The van der Waals surface area contributed by atoms with Gasteiger partial charge in [0.25, 0.3) is 0 Å². The number of hydrogen-bond donors (Lipinski definition) is 2. The summed E-state index contributed by atoms with van der Waals surface area (Å²) in [5.41, 5.74) is 5.14. The molecule has 0 saturated carbocycles. The van der Waals surface area contributed by atoms with Crippen molar-refractivity contribution in [2.45, 2.75) is 19.5 Å². The van der Waals surface area contributed by atoms with Crippen molar-refractivity contribution in [3.8, 4) is 11.3 Å². The molecule has 0 spiro atoms. The third kappa shape index (κ3) is 3.37. The fraction of sp³-hybridized carbons (Fsp3) is 0.200. The smallest absolute Gasteiger partial charge is 0.383 e. The molecular weight excluding hydrogens is 337 g/mol. The molecule has 1 amide bonds. The molecule has 0 fully saturated rings. The highest BCUT2D eigenvalue weighted by molar-refractivity contribution is 5.89. The monoisotopic (exact) mass is 350 g/mol. The minimum absolute atomic E-state index is 0.163. The molecular formula is C15H13F3N6O. The first-order valence-corrected chi connectivity index (χ1v) is 7.27. The Bertz CT molecular complexity index is 950. The highest BCUT2D eigenvalue weighted by Gasteiger charge is 2.34. The number of rotatable bonds is 3. The fourth-order valence-electron chi connectivity index (χ4n) is 2.17. The number of nitrogens with one attached hydrogen (secondary N) is 1. The van der Waals surface area contributed by atoms with E-state index in [0.717, 1.165) is 6.07 Å². The molecule has 130 valence electrons. The number of carbonyl (C=O) groups excluding carboxylic acids is 1. The molecule has 0 unspecified atom stereocenters. The molecule has 0 bridgehead atoms. The van der Waals surface area contributed by atoms with Crippen LogP contribution in [-0.4, -0.2) is 25.5 Å². The zero-order valence-corrected chi connectivity index (χ0v) is 13.0. The zero-order chi connectivity index (χ0) is 18.2. The largest absolute Gasteiger partial charge is 0.419 e. The number of pyridine rings is 1. The Morgan fingerprint density at radius 3 is 2.80 bits per heavy atom. The van der Waals surface area contributed by atoms with Crippen molar-refractivity contribution in [1.82, 2.24) is 19.6 Å². The maximum absolute atomic E-state index is 13.0. The van der Waals surface area contributed by atoms with Crippen molar-refractivity contribution < 1.29 is 18.0 Å². The lowest BCUT2D eigenvalue weighted by Crippen LogP contribution is -2.10. The van der Waals surface area contributed by atoms with Gasteiger partial charge >= 0.3 is 6.18 Å². The second kappa shape index (κ2) is 6.04. The number of hydrogen-bond acceptors (Lipinski definition) is 5. The Kier molecular flexibility index (Phi) is 4.03. The lowest BCUT2D eigenvalue weighted by atomic mass is 10.1. The highest BCUT2D eigenvalue weighted by Crippen LogP contribution is 2.34. The summed E-state index contributed by atoms with van der Waals surface area (Å²) in [6.07, 6.45) is -1.62. The number of halogens is 3. The van der Waals surface area contributed by atoms with E-state index in [4.69, 9.17) is 5.73 Å². The van der Waals surface area contributed by atoms with Crippen LogP contribution in [0.4, 0.5) is 24.8 Å². The van der Waals surface area contributed by atoms with Crippen LogP contribution in [0, 0.1) is 0 Å². The molecule has 7 nitrogen and oxygen atoms in total. The van der Waals surface area contributed by atoms with Crippen LogP contribution in [0.3, 0.4) is 0 Å². The predicted molar refractivity (Wildman–Crippen MR) is 84.6 cm³/mol. The Morgan fingerprint density at radius 2 is 2.12 bits per heavy atom. The van der Waals surface area contributed by atoms with E-state index in [1.807, 2.05) is 0 Å². The second-order valence-electron chi connectivity index (χ2n) is 5.20. The van der Waals surface area contributed by atoms with Crippen molar-refractivity contribution in [2.24, 2.45) is 0 Å². The molecule has 3 N–H and O–H groups in total. The number of amides is 1. The lowest BCUT2D eigenvalue weighted by Gasteiger charge is -2.10. The third-order valence-corrected chi connectivity index (χ3v) is 3.43. The molecule has 3 aromatic heterocycles. The van der Waals surface area contributed by atoms with Crippen molar-refractivity contribution >= 4 is 23.2 Å². The Morgan fingerprint density at radius 1 is 1.36 bits per heavy atom. The first kappa shape index (κ1) is 16.7. The van der Waals surface area contributed by atoms with Gasteiger partial charge in [0, 0.05) is 18.2 Å². The van der Waals surface area contributed by atoms with Crippen molar-refractivity contribution in [3.05, 3.63) is 36.2 Å². The van der Waals surface area contributed by atoms with Gasteiger partial charge in [0.2, 0.25) is 5.91 Å². The average molecular weight is 350 g/mol. The summed E-state index contributed by atoms with van der Waals surface area (Å²) >= 11 is 0. The van der Waals surface area contributed by atoms with Gasteiger partial charge in [0.15, 0.2) is 11.5 Å². The van der Waals surface area contributed by atoms with Crippen LogP contribution in [0.5, 0.6) is 0 Å². The van der Waals surface area contributed by atoms with Crippen LogP contribution in [0.1, 0.15) is 18.9 Å². The minimum Gasteiger partial charge on any atom is -0.383 e. The number of fused-ring (bicyclic) bond motifs is 1. The first-order valence-electron chi connectivity index (χ1n) is 7.27. The summed E-state index contributed by atoms with van der Waals surface area (Å²) in [7, 11) is 0. The minimum atomic E-state index is -4.61. The van der Waals surface area contributed by atoms with Crippen LogP contribution < -0.4 is 11.1 Å². The van der Waals surface area contributed by atoms with E-state index in [1.54, 1.807) is 13.0 Å². The second-order valence-corrected chi connectivity index (χ2v) is 5.20. The molecule has 10 heteroatoms. The summed E-state index contributed by atoms with van der Waals surface area (Å²) in [6.45, 7) is 1.70. The number of imidazole rings is 1. The molecule has 0 aliphatic heterocycles. The van der Waals surface area contributed by atoms with Gasteiger partial charge in [0.05, 0.1) is 17.5 Å². The van der Waals surface area contributed by atoms with Crippen LogP contribution >= 0.6 is 0 Å². The van der Waals surface area contributed by atoms with Crippen LogP contribution in [0.2, 0.25) is 0 Å². The van der Waals surface area contributed by atoms with Gasteiger partial charge in [-0.25, -0.2) is 14.5 Å². The molecule has 3 heterocycles. The van der Waals surface area contributed by atoms with Gasteiger partial charge < -0.3 is 11.1 Å². The maximum atomic E-state index is 13.0. The number of nitrogens with zero attached hydrogens (tertiary/aromatic N) is 4. The lowest BCUT2D eigenvalue weighted by molar-refractivity contribution is -0.137. The maximum Gasteiger partial charge on any atom is 0.419 e. The first-order chi connectivity index (χ1) is 11.8. The zero-order valence-electron chi connectivity index (χ0n) is 13.0. The van der Waals surface area contributed by atoms with Crippen LogP contribution in [0.15, 0.2) is 30.6 Å². The van der Waals surface area contributed by atoms with E-state index < -0.39 is 17.6 Å². The van der Waals surface area contributed by atoms with Crippen LogP contribution in [0.25, 0.3) is 16.9 Å². The van der Waals surface area contributed by atoms with Gasteiger partial charge in [-0.05, 0) is 18.2 Å². The van der Waals surface area contributed by atoms with Crippen molar-refractivity contribution in [1.29, 1.82) is 0 Å². The summed E-state index contributed by atoms with van der Waals surface area (Å²) in [6, 6.07) is 3.99. The SMILES string of the molecule is CCC(=O)Nc1cn2nc(-c3cnc(N)c(C(F)(F)F)c3)ccc2n1. The van der Waals surface area contributed by atoms with Crippen molar-refractivity contribution in [2.75, 3.05) is 11.1 Å². The predicted octanol–water partition coefficient (Wildman–Crippen LogP) is 2.74. The average Bonchev–Trinajstić information content (AvgIpc) is 2.95. The Hall–Kier alpha value is -3.17.